The van der Waals surface area contributed by atoms with Crippen LogP contribution in [0.4, 0.5) is 4.79 Å². The number of aromatic nitrogens is 2. The summed E-state index contributed by atoms with van der Waals surface area (Å²) in [5.74, 6) is -1.17. The molecule has 48 heavy (non-hydrogen) atoms. The Morgan fingerprint density at radius 1 is 0.542 bits per heavy atom. The van der Waals surface area contributed by atoms with Gasteiger partial charge in [0.25, 0.3) is 11.8 Å². The third-order valence-corrected chi connectivity index (χ3v) is 11.4. The van der Waals surface area contributed by atoms with E-state index in [1.54, 1.807) is 0 Å². The smallest absolute Gasteiger partial charge is 0.333 e. The van der Waals surface area contributed by atoms with Crippen LogP contribution in [0.25, 0.3) is 55.5 Å². The van der Waals surface area contributed by atoms with Gasteiger partial charge in [-0.05, 0) is 76.8 Å². The van der Waals surface area contributed by atoms with Crippen molar-refractivity contribution in [3.05, 3.63) is 115 Å². The van der Waals surface area contributed by atoms with Crippen LogP contribution in [-0.2, 0) is 23.7 Å². The molecule has 1 saturated heterocycles. The van der Waals surface area contributed by atoms with E-state index in [9.17, 15) is 14.4 Å². The molecule has 7 nitrogen and oxygen atoms in total. The van der Waals surface area contributed by atoms with Gasteiger partial charge in [0.15, 0.2) is 0 Å². The Kier molecular flexibility index (Phi) is 7.12. The van der Waals surface area contributed by atoms with E-state index in [0.29, 0.717) is 18.4 Å². The molecule has 2 aromatic heterocycles. The van der Waals surface area contributed by atoms with Gasteiger partial charge in [0.2, 0.25) is 0 Å². The highest BCUT2D eigenvalue weighted by molar-refractivity contribution is 9.11. The first-order chi connectivity index (χ1) is 23.1. The average Bonchev–Trinajstić information content (AvgIpc) is 3.70. The molecule has 0 radical (unpaired) electrons. The van der Waals surface area contributed by atoms with E-state index in [1.807, 2.05) is 12.2 Å². The van der Waals surface area contributed by atoms with Crippen LogP contribution in [0.15, 0.2) is 104 Å². The Labute approximate surface area is 293 Å². The van der Waals surface area contributed by atoms with Crippen LogP contribution in [0.2, 0.25) is 0 Å². The van der Waals surface area contributed by atoms with Crippen LogP contribution >= 0.6 is 31.9 Å². The van der Waals surface area contributed by atoms with Gasteiger partial charge in [0.1, 0.15) is 5.57 Å². The Balaban J connectivity index is 1.36. The lowest BCUT2D eigenvalue weighted by Crippen LogP contribution is -2.53. The highest BCUT2D eigenvalue weighted by atomic mass is 79.9. The number of benzene rings is 4. The van der Waals surface area contributed by atoms with Crippen LogP contribution in [0.5, 0.6) is 0 Å². The van der Waals surface area contributed by atoms with Crippen molar-refractivity contribution < 1.29 is 14.4 Å². The number of urea groups is 1. The monoisotopic (exact) mass is 760 g/mol. The molecule has 0 spiro atoms. The Hall–Kier alpha value is -4.73. The van der Waals surface area contributed by atoms with Crippen molar-refractivity contribution in [3.8, 4) is 0 Å². The number of barbiturate groups is 1. The topological polar surface area (TPSA) is 67.6 Å². The molecule has 8 rings (SSSR count). The van der Waals surface area contributed by atoms with E-state index in [0.717, 1.165) is 73.2 Å². The van der Waals surface area contributed by atoms with E-state index in [2.05, 4.69) is 128 Å². The second kappa shape index (κ2) is 11.2. The molecule has 0 unspecified atom stereocenters. The minimum atomic E-state index is -0.637. The zero-order valence-electron chi connectivity index (χ0n) is 26.8. The first kappa shape index (κ1) is 30.6. The van der Waals surface area contributed by atoms with Crippen LogP contribution < -0.4 is 10.7 Å². The van der Waals surface area contributed by atoms with Gasteiger partial charge in [0.05, 0.1) is 0 Å². The maximum Gasteiger partial charge on any atom is 0.333 e. The fourth-order valence-corrected chi connectivity index (χ4v) is 8.42. The predicted molar refractivity (Wildman–Crippen MR) is 199 cm³/mol. The van der Waals surface area contributed by atoms with E-state index in [1.165, 1.54) is 24.9 Å². The maximum atomic E-state index is 13.7. The number of halogens is 2. The molecule has 1 aliphatic carbocycles. The zero-order chi connectivity index (χ0) is 33.6. The van der Waals surface area contributed by atoms with Crippen molar-refractivity contribution in [1.82, 2.24) is 18.9 Å². The van der Waals surface area contributed by atoms with Gasteiger partial charge < -0.3 is 9.13 Å². The standard InChI is InChI=1S/C39H30Br2N4O3/c1-42-29(25-9-5-7-23-27(40)15-19-31(42)34(23)25)17-13-21-11-12-22(33(21)36-37(46)44(3)39(48)45(4)38(36)47)14-18-30-26-10-6-8-24-28(41)16-20-32(35(24)26)43(30)2/h5-10,13-20H,11-12H2,1-4H3/b21-13-,22-14+,29-17+,30-18+. The molecule has 2 aliphatic rings. The highest BCUT2D eigenvalue weighted by Crippen LogP contribution is 2.40. The van der Waals surface area contributed by atoms with Gasteiger partial charge in [-0.3, -0.25) is 19.4 Å². The molecule has 3 heterocycles. The molecular weight excluding hydrogens is 732 g/mol. The number of hydrogen-bond donors (Lipinski definition) is 0. The summed E-state index contributed by atoms with van der Waals surface area (Å²) in [5.41, 5.74) is 4.62. The minimum absolute atomic E-state index is 0.0228. The average molecular weight is 763 g/mol. The summed E-state index contributed by atoms with van der Waals surface area (Å²) >= 11 is 7.41. The van der Waals surface area contributed by atoms with Gasteiger partial charge in [-0.25, -0.2) is 4.79 Å². The van der Waals surface area contributed by atoms with E-state index < -0.39 is 17.8 Å². The Bertz CT molecular complexity index is 2480. The summed E-state index contributed by atoms with van der Waals surface area (Å²) in [4.78, 5) is 42.1. The molecule has 4 amide bonds. The highest BCUT2D eigenvalue weighted by Gasteiger charge is 2.41. The summed E-state index contributed by atoms with van der Waals surface area (Å²) in [7, 11) is 6.95. The Morgan fingerprint density at radius 3 is 1.40 bits per heavy atom. The van der Waals surface area contributed by atoms with E-state index >= 15 is 0 Å². The Morgan fingerprint density at radius 2 is 0.958 bits per heavy atom. The fourth-order valence-electron chi connectivity index (χ4n) is 7.49. The van der Waals surface area contributed by atoms with Crippen molar-refractivity contribution in [2.75, 3.05) is 14.1 Å². The zero-order valence-corrected chi connectivity index (χ0v) is 29.9. The number of carbonyl (C=O) groups is 3. The molecule has 0 N–H and O–H groups in total. The second-order valence-electron chi connectivity index (χ2n) is 12.5. The summed E-state index contributed by atoms with van der Waals surface area (Å²) < 4.78 is 6.43. The van der Waals surface area contributed by atoms with Crippen molar-refractivity contribution in [2.45, 2.75) is 12.8 Å². The third kappa shape index (κ3) is 4.33. The minimum Gasteiger partial charge on any atom is -0.344 e. The number of amides is 4. The van der Waals surface area contributed by atoms with Crippen molar-refractivity contribution >= 4 is 105 Å². The summed E-state index contributed by atoms with van der Waals surface area (Å²) in [6, 6.07) is 20.3. The lowest BCUT2D eigenvalue weighted by Gasteiger charge is -2.30. The maximum absolute atomic E-state index is 13.7. The quantitative estimate of drug-likeness (QED) is 0.139. The van der Waals surface area contributed by atoms with Crippen molar-refractivity contribution in [2.24, 2.45) is 14.1 Å². The van der Waals surface area contributed by atoms with Crippen molar-refractivity contribution in [3.63, 3.8) is 0 Å². The summed E-state index contributed by atoms with van der Waals surface area (Å²) in [6.07, 6.45) is 9.52. The normalized spacial score (nSPS) is 18.8. The van der Waals surface area contributed by atoms with Gasteiger partial charge in [0, 0.05) is 80.4 Å². The molecule has 1 saturated carbocycles. The van der Waals surface area contributed by atoms with Gasteiger partial charge >= 0.3 is 6.03 Å². The second-order valence-corrected chi connectivity index (χ2v) is 14.2. The molecular formula is C39H30Br2N4O3. The third-order valence-electron chi connectivity index (χ3n) is 9.98. The van der Waals surface area contributed by atoms with Gasteiger partial charge in [-0.15, -0.1) is 0 Å². The number of imide groups is 2. The molecule has 9 heteroatoms. The van der Waals surface area contributed by atoms with Crippen LogP contribution in [0.1, 0.15) is 12.8 Å². The molecule has 0 atom stereocenters. The molecule has 238 valence electrons. The fraction of sp³-hybridized carbons (Fsp3) is 0.154. The SMILES string of the molecule is CN1C(=O)C(=C2/C(=C\C=c3/c4cccc5c(Br)ccc(c54)n3C)CC/C2=C\C=c2/c3cccc4c(Br)ccc(c43)n2C)C(=O)N(C)C1=O. The molecule has 4 aromatic carbocycles. The molecule has 6 aromatic rings. The number of nitrogens with zero attached hydrogens (tertiary/aromatic N) is 4. The largest absolute Gasteiger partial charge is 0.344 e. The van der Waals surface area contributed by atoms with Crippen molar-refractivity contribution in [1.29, 1.82) is 0 Å². The van der Waals surface area contributed by atoms with Gasteiger partial charge in [-0.1, -0.05) is 80.4 Å². The van der Waals surface area contributed by atoms with Crippen LogP contribution in [-0.4, -0.2) is 50.9 Å². The summed E-state index contributed by atoms with van der Waals surface area (Å²) in [5, 5.41) is 8.95. The first-order valence-corrected chi connectivity index (χ1v) is 17.2. The molecule has 2 fully saturated rings. The number of carbonyl (C=O) groups excluding carboxylic acids is 3. The summed E-state index contributed by atoms with van der Waals surface area (Å²) in [6.45, 7) is 0. The van der Waals surface area contributed by atoms with E-state index in [4.69, 9.17) is 0 Å². The molecule has 1 aliphatic heterocycles. The number of allylic oxidation sites excluding steroid dienone is 5. The lowest BCUT2D eigenvalue weighted by molar-refractivity contribution is -0.134. The van der Waals surface area contributed by atoms with E-state index in [-0.39, 0.29) is 5.57 Å². The first-order valence-electron chi connectivity index (χ1n) is 15.7. The number of rotatable bonds is 2. The van der Waals surface area contributed by atoms with Crippen LogP contribution in [0.3, 0.4) is 0 Å². The number of hydrogen-bond acceptors (Lipinski definition) is 3. The number of aryl methyl sites for hydroxylation is 2. The van der Waals surface area contributed by atoms with Crippen LogP contribution in [0, 0.1) is 0 Å². The lowest BCUT2D eigenvalue weighted by atomic mass is 9.95. The molecule has 0 bridgehead atoms. The number of likely N-dealkylation sites (N-methyl/N-ethyl adjacent to an activating group) is 2. The predicted octanol–water partition coefficient (Wildman–Crippen LogP) is 7.19. The van der Waals surface area contributed by atoms with Gasteiger partial charge in [-0.2, -0.15) is 0 Å².